The predicted octanol–water partition coefficient (Wildman–Crippen LogP) is 5.98. The van der Waals surface area contributed by atoms with Crippen LogP contribution in [0.15, 0.2) is 11.6 Å². The van der Waals surface area contributed by atoms with Gasteiger partial charge in [0.05, 0.1) is 12.2 Å². The lowest BCUT2D eigenvalue weighted by atomic mass is 9.33. The summed E-state index contributed by atoms with van der Waals surface area (Å²) in [5, 5.41) is 43.3. The number of carbonyl (C=O) groups excluding carboxylic acids is 1. The maximum atomic E-state index is 13.1. The Bertz CT molecular complexity index is 1160. The van der Waals surface area contributed by atoms with Crippen molar-refractivity contribution in [3.63, 3.8) is 0 Å². The van der Waals surface area contributed by atoms with Crippen molar-refractivity contribution < 1.29 is 30.0 Å². The van der Waals surface area contributed by atoms with Gasteiger partial charge >= 0.3 is 0 Å². The topological polar surface area (TPSA) is 107 Å². The Morgan fingerprint density at radius 1 is 0.884 bits per heavy atom. The van der Waals surface area contributed by atoms with Crippen molar-refractivity contribution in [2.75, 3.05) is 0 Å². The van der Waals surface area contributed by atoms with Gasteiger partial charge in [0.25, 0.3) is 0 Å². The number of aliphatic hydroxyl groups excluding tert-OH is 4. The summed E-state index contributed by atoms with van der Waals surface area (Å²) < 4.78 is 5.95. The van der Waals surface area contributed by atoms with Crippen molar-refractivity contribution >= 4 is 5.78 Å². The van der Waals surface area contributed by atoms with E-state index in [4.69, 9.17) is 4.74 Å². The predicted molar refractivity (Wildman–Crippen MR) is 167 cm³/mol. The first kappa shape index (κ1) is 32.2. The van der Waals surface area contributed by atoms with Gasteiger partial charge in [0.1, 0.15) is 30.2 Å². The fourth-order valence-corrected chi connectivity index (χ4v) is 12.4. The van der Waals surface area contributed by atoms with Crippen molar-refractivity contribution in [2.45, 2.75) is 163 Å². The molecule has 4 saturated carbocycles. The number of Topliss-reactive ketones (excluding diaryl/α,β-unsaturated/α-hetero) is 1. The molecule has 0 radical (unpaired) electrons. The fraction of sp³-hybridized carbons (Fsp3) is 0.919. The fourth-order valence-electron chi connectivity index (χ4n) is 12.4. The number of hydrogen-bond donors (Lipinski definition) is 4. The lowest BCUT2D eigenvalue weighted by molar-refractivity contribution is -0.244. The number of carbonyl (C=O) groups is 1. The molecule has 0 aromatic heterocycles. The number of fused-ring (bicyclic) bond motifs is 7. The van der Waals surface area contributed by atoms with Crippen LogP contribution in [-0.4, -0.2) is 62.8 Å². The van der Waals surface area contributed by atoms with Crippen molar-refractivity contribution in [1.82, 2.24) is 0 Å². The molecule has 5 unspecified atom stereocenters. The first-order valence-electron chi connectivity index (χ1n) is 17.4. The van der Waals surface area contributed by atoms with Gasteiger partial charge in [-0.2, -0.15) is 0 Å². The molecule has 0 spiro atoms. The molecule has 0 aromatic rings. The third-order valence-electron chi connectivity index (χ3n) is 15.4. The van der Waals surface area contributed by atoms with Gasteiger partial charge in [0, 0.05) is 11.8 Å². The maximum absolute atomic E-state index is 13.1. The third kappa shape index (κ3) is 4.46. The zero-order valence-electron chi connectivity index (χ0n) is 28.2. The highest BCUT2D eigenvalue weighted by molar-refractivity contribution is 5.85. The number of allylic oxidation sites excluding steroid dienone is 2. The van der Waals surface area contributed by atoms with Crippen LogP contribution >= 0.6 is 0 Å². The summed E-state index contributed by atoms with van der Waals surface area (Å²) in [6.45, 7) is 18.6. The zero-order valence-corrected chi connectivity index (χ0v) is 28.2. The summed E-state index contributed by atoms with van der Waals surface area (Å²) in [5.41, 5.74) is 1.86. The van der Waals surface area contributed by atoms with Crippen LogP contribution in [-0.2, 0) is 9.53 Å². The quantitative estimate of drug-likeness (QED) is 0.297. The molecule has 6 nitrogen and oxygen atoms in total. The summed E-state index contributed by atoms with van der Waals surface area (Å²) in [7, 11) is 0. The van der Waals surface area contributed by atoms with E-state index in [2.05, 4.69) is 54.5 Å². The van der Waals surface area contributed by atoms with Gasteiger partial charge in [0.15, 0.2) is 0 Å². The molecular formula is C37H60O6. The highest BCUT2D eigenvalue weighted by Crippen LogP contribution is 2.76. The van der Waals surface area contributed by atoms with Gasteiger partial charge in [-0.1, -0.05) is 60.1 Å². The molecule has 1 saturated heterocycles. The maximum Gasteiger partial charge on any atom is 0.138 e. The molecule has 244 valence electrons. The van der Waals surface area contributed by atoms with Gasteiger partial charge < -0.3 is 25.2 Å². The van der Waals surface area contributed by atoms with Gasteiger partial charge in [-0.25, -0.2) is 0 Å². The normalized spacial score (nSPS) is 53.0. The number of hydrogen-bond acceptors (Lipinski definition) is 6. The van der Waals surface area contributed by atoms with Crippen LogP contribution in [0.1, 0.15) is 126 Å². The van der Waals surface area contributed by atoms with E-state index in [1.807, 2.05) is 0 Å². The minimum absolute atomic E-state index is 0.0672. The summed E-state index contributed by atoms with van der Waals surface area (Å²) >= 11 is 0. The van der Waals surface area contributed by atoms with Crippen molar-refractivity contribution in [3.05, 3.63) is 11.6 Å². The minimum atomic E-state index is -1.33. The van der Waals surface area contributed by atoms with Crippen molar-refractivity contribution in [2.24, 2.45) is 50.2 Å². The second-order valence-electron chi connectivity index (χ2n) is 18.3. The molecule has 5 aliphatic carbocycles. The number of aliphatic hydroxyl groups is 4. The average molecular weight is 601 g/mol. The molecule has 6 aliphatic rings. The van der Waals surface area contributed by atoms with E-state index in [1.54, 1.807) is 12.5 Å². The summed E-state index contributed by atoms with van der Waals surface area (Å²) in [5.74, 6) is 1.79. The van der Waals surface area contributed by atoms with Gasteiger partial charge in [-0.3, -0.25) is 4.79 Å². The zero-order chi connectivity index (χ0) is 31.5. The third-order valence-corrected chi connectivity index (χ3v) is 15.4. The van der Waals surface area contributed by atoms with E-state index in [-0.39, 0.29) is 32.5 Å². The molecule has 6 heteroatoms. The van der Waals surface area contributed by atoms with Crippen LogP contribution in [0.2, 0.25) is 0 Å². The van der Waals surface area contributed by atoms with Crippen LogP contribution in [0.25, 0.3) is 0 Å². The van der Waals surface area contributed by atoms with E-state index >= 15 is 0 Å². The molecule has 1 aliphatic heterocycles. The number of ketones is 1. The average Bonchev–Trinajstić information content (AvgIpc) is 2.92. The van der Waals surface area contributed by atoms with Gasteiger partial charge in [-0.15, -0.1) is 0 Å². The van der Waals surface area contributed by atoms with E-state index in [1.165, 1.54) is 0 Å². The molecule has 0 bridgehead atoms. The highest BCUT2D eigenvalue weighted by Gasteiger charge is 2.68. The molecule has 6 rings (SSSR count). The van der Waals surface area contributed by atoms with Crippen LogP contribution < -0.4 is 0 Å². The van der Waals surface area contributed by atoms with Crippen LogP contribution in [0.5, 0.6) is 0 Å². The highest BCUT2D eigenvalue weighted by atomic mass is 16.5. The largest absolute Gasteiger partial charge is 0.390 e. The van der Waals surface area contributed by atoms with Gasteiger partial charge in [-0.05, 0) is 116 Å². The number of ether oxygens (including phenoxy) is 1. The van der Waals surface area contributed by atoms with Crippen molar-refractivity contribution in [1.29, 1.82) is 0 Å². The summed E-state index contributed by atoms with van der Waals surface area (Å²) in [4.78, 5) is 13.1. The molecular weight excluding hydrogens is 540 g/mol. The second-order valence-corrected chi connectivity index (χ2v) is 18.3. The lowest BCUT2D eigenvalue weighted by Crippen LogP contribution is -2.64. The lowest BCUT2D eigenvalue weighted by Gasteiger charge is -2.71. The van der Waals surface area contributed by atoms with Crippen LogP contribution in [0.4, 0.5) is 0 Å². The molecule has 0 amide bonds. The summed E-state index contributed by atoms with van der Waals surface area (Å²) in [6, 6.07) is 0. The Hall–Kier alpha value is -0.790. The first-order chi connectivity index (χ1) is 19.8. The Labute approximate surface area is 260 Å². The molecule has 0 aromatic carbocycles. The Morgan fingerprint density at radius 2 is 1.56 bits per heavy atom. The Kier molecular flexibility index (Phi) is 7.56. The van der Waals surface area contributed by atoms with Crippen molar-refractivity contribution in [3.8, 4) is 0 Å². The molecule has 1 heterocycles. The minimum Gasteiger partial charge on any atom is -0.390 e. The molecule has 5 fully saturated rings. The van der Waals surface area contributed by atoms with E-state index < -0.39 is 36.6 Å². The molecule has 4 N–H and O–H groups in total. The first-order valence-corrected chi connectivity index (χ1v) is 17.4. The van der Waals surface area contributed by atoms with E-state index in [0.29, 0.717) is 36.4 Å². The van der Waals surface area contributed by atoms with Gasteiger partial charge in [0.2, 0.25) is 0 Å². The van der Waals surface area contributed by atoms with Crippen LogP contribution in [0.3, 0.4) is 0 Å². The Balaban J connectivity index is 1.35. The Morgan fingerprint density at radius 3 is 2.26 bits per heavy atom. The second kappa shape index (κ2) is 10.1. The standard InChI is InChI=1S/C37H60O6/c1-21-28(40)29(41)30(42)31(43-21)24(38)20-37-17-15-32(2,3)19-23(37)22-9-10-26-34(6)13-12-27(39)33(4,5)25(34)11-14-36(26,8)35(22,7)16-18-37/h9,21,23-26,28-31,38,40-42H,10-20H2,1-8H3/t21?,23?,24-,25?,26?,28+,29+,30?,31+,34+,35-,36-,37-/m1/s1. The monoisotopic (exact) mass is 600 g/mol. The molecule has 43 heavy (non-hydrogen) atoms. The number of rotatable bonds is 3. The molecule has 13 atom stereocenters. The van der Waals surface area contributed by atoms with E-state index in [0.717, 1.165) is 57.8 Å². The summed E-state index contributed by atoms with van der Waals surface area (Å²) in [6.07, 6.45) is 7.29. The SMILES string of the molecule is CC1O[C@@H]([C@H](O)C[C@]23CCC(C)(C)CC2C2=CCC4[C@@]5(C)CCC(=O)C(C)(C)C5CC[C@@]4(C)[C@]2(C)CC3)C(O)[C@@H](O)[C@H]1O. The van der Waals surface area contributed by atoms with E-state index in [9.17, 15) is 25.2 Å². The smallest absolute Gasteiger partial charge is 0.138 e. The van der Waals surface area contributed by atoms with Crippen LogP contribution in [0, 0.1) is 50.2 Å².